The van der Waals surface area contributed by atoms with Gasteiger partial charge in [0, 0.05) is 31.1 Å². The Labute approximate surface area is 158 Å². The maximum Gasteiger partial charge on any atom is 1.00 e. The summed E-state index contributed by atoms with van der Waals surface area (Å²) in [6, 6.07) is 0.185. The molecule has 0 amide bonds. The maximum absolute atomic E-state index is 10.5. The fourth-order valence-corrected chi connectivity index (χ4v) is 1.67. The van der Waals surface area contributed by atoms with Gasteiger partial charge in [0.25, 0.3) is 0 Å². The second-order valence-corrected chi connectivity index (χ2v) is 4.24. The zero-order valence-corrected chi connectivity index (χ0v) is 16.1. The van der Waals surface area contributed by atoms with E-state index in [2.05, 4.69) is 5.32 Å². The van der Waals surface area contributed by atoms with Crippen LogP contribution in [0.25, 0.3) is 0 Å². The Morgan fingerprint density at radius 2 is 1.58 bits per heavy atom. The van der Waals surface area contributed by atoms with E-state index in [9.17, 15) is 19.8 Å². The monoisotopic (exact) mass is 290 g/mol. The second kappa shape index (κ2) is 15.3. The van der Waals surface area contributed by atoms with Gasteiger partial charge in [-0.2, -0.15) is 0 Å². The Balaban J connectivity index is -0.00000128. The summed E-state index contributed by atoms with van der Waals surface area (Å²) in [5.74, 6) is -2.87. The number of carboxylic acid groups (broad SMARTS) is 2. The molecular weight excluding hydrogens is 270 g/mol. The number of aliphatic carboxylic acids is 2. The van der Waals surface area contributed by atoms with E-state index in [0.717, 1.165) is 0 Å². The van der Waals surface area contributed by atoms with Crippen molar-refractivity contribution in [3.63, 3.8) is 0 Å². The average Bonchev–Trinajstić information content (AvgIpc) is 2.21. The number of carboxylic acids is 2. The summed E-state index contributed by atoms with van der Waals surface area (Å²) < 4.78 is 0. The summed E-state index contributed by atoms with van der Waals surface area (Å²) in [6.45, 7) is 3.17. The van der Waals surface area contributed by atoms with Gasteiger partial charge in [-0.15, -0.1) is 0 Å². The van der Waals surface area contributed by atoms with Crippen LogP contribution in [0.4, 0.5) is 0 Å². The van der Waals surface area contributed by atoms with Crippen LogP contribution in [-0.4, -0.2) is 31.1 Å². The Bertz CT molecular complexity index is 239. The van der Waals surface area contributed by atoms with E-state index in [-0.39, 0.29) is 78.0 Å². The van der Waals surface area contributed by atoms with Crippen molar-refractivity contribution in [2.24, 2.45) is 11.7 Å². The molecule has 0 aromatic rings. The Kier molecular flexibility index (Phi) is 19.9. The predicted octanol–water partition coefficient (Wildman–Crippen LogP) is -8.39. The minimum Gasteiger partial charge on any atom is -0.550 e. The average molecular weight is 290 g/mol. The van der Waals surface area contributed by atoms with Crippen molar-refractivity contribution in [1.29, 1.82) is 0 Å². The molecule has 19 heavy (non-hydrogen) atoms. The van der Waals surface area contributed by atoms with Crippen molar-refractivity contribution >= 4 is 11.9 Å². The van der Waals surface area contributed by atoms with Crippen LogP contribution in [0.1, 0.15) is 32.6 Å². The molecule has 8 heteroatoms. The molecule has 0 aromatic heterocycles. The fraction of sp³-hybridized carbons (Fsp3) is 0.818. The first kappa shape index (κ1) is 24.9. The molecular formula is C11H20N2Na2O4. The van der Waals surface area contributed by atoms with Crippen molar-refractivity contribution in [3.8, 4) is 0 Å². The van der Waals surface area contributed by atoms with E-state index in [4.69, 9.17) is 5.73 Å². The summed E-state index contributed by atoms with van der Waals surface area (Å²) in [6.07, 6.45) is 0.737. The zero-order valence-electron chi connectivity index (χ0n) is 12.1. The minimum atomic E-state index is -1.22. The third kappa shape index (κ3) is 16.8. The summed E-state index contributed by atoms with van der Waals surface area (Å²) in [7, 11) is 0. The molecule has 0 fully saturated rings. The van der Waals surface area contributed by atoms with E-state index >= 15 is 0 Å². The molecule has 0 saturated carbocycles. The van der Waals surface area contributed by atoms with Crippen LogP contribution < -0.4 is 80.4 Å². The molecule has 0 aliphatic carbocycles. The molecule has 3 N–H and O–H groups in total. The molecule has 0 saturated heterocycles. The molecule has 0 aliphatic heterocycles. The van der Waals surface area contributed by atoms with Crippen molar-refractivity contribution < 1.29 is 78.9 Å². The number of rotatable bonds is 10. The summed E-state index contributed by atoms with van der Waals surface area (Å²) >= 11 is 0. The van der Waals surface area contributed by atoms with Gasteiger partial charge < -0.3 is 30.9 Å². The first-order valence-electron chi connectivity index (χ1n) is 5.78. The molecule has 100 valence electrons. The third-order valence-electron chi connectivity index (χ3n) is 2.56. The molecule has 0 spiro atoms. The summed E-state index contributed by atoms with van der Waals surface area (Å²) in [5, 5.41) is 24.0. The van der Waals surface area contributed by atoms with Gasteiger partial charge in [-0.05, 0) is 38.5 Å². The van der Waals surface area contributed by atoms with Crippen LogP contribution in [-0.2, 0) is 9.59 Å². The van der Waals surface area contributed by atoms with Crippen LogP contribution in [0.5, 0.6) is 0 Å². The van der Waals surface area contributed by atoms with Crippen molar-refractivity contribution in [2.45, 2.75) is 38.6 Å². The second-order valence-electron chi connectivity index (χ2n) is 4.24. The number of carbonyl (C=O) groups is 2. The van der Waals surface area contributed by atoms with E-state index in [1.54, 1.807) is 0 Å². The van der Waals surface area contributed by atoms with Crippen LogP contribution in [0.3, 0.4) is 0 Å². The zero-order chi connectivity index (χ0) is 13.3. The van der Waals surface area contributed by atoms with Crippen molar-refractivity contribution in [2.75, 3.05) is 13.1 Å². The van der Waals surface area contributed by atoms with Gasteiger partial charge in [0.2, 0.25) is 0 Å². The molecule has 0 bridgehead atoms. The largest absolute Gasteiger partial charge is 1.00 e. The van der Waals surface area contributed by atoms with Gasteiger partial charge >= 0.3 is 59.1 Å². The normalized spacial score (nSPS) is 11.3. The predicted molar refractivity (Wildman–Crippen MR) is 58.5 cm³/mol. The van der Waals surface area contributed by atoms with Gasteiger partial charge in [-0.25, -0.2) is 0 Å². The Morgan fingerprint density at radius 3 is 1.95 bits per heavy atom. The molecule has 0 aromatic carbocycles. The van der Waals surface area contributed by atoms with E-state index in [1.807, 2.05) is 6.92 Å². The standard InChI is InChI=1S/C11H22N2O4.2Na/c1-8(13-5-4-12)2-3-9(6-10(14)15)7-11(16)17;;/h8-9,13H,2-7,12H2,1H3,(H,14,15)(H,16,17);;/q;2*+1/p-2. The number of nitrogens with one attached hydrogen (secondary N) is 1. The SMILES string of the molecule is CC(CCC(CC(=O)[O-])CC(=O)[O-])NCCN.[Na+].[Na+]. The number of hydrogen-bond donors (Lipinski definition) is 2. The quantitative estimate of drug-likeness (QED) is 0.386. The van der Waals surface area contributed by atoms with Crippen LogP contribution >= 0.6 is 0 Å². The van der Waals surface area contributed by atoms with Gasteiger partial charge in [-0.3, -0.25) is 0 Å². The summed E-state index contributed by atoms with van der Waals surface area (Å²) in [5.41, 5.74) is 5.33. The van der Waals surface area contributed by atoms with Crippen LogP contribution in [0, 0.1) is 5.92 Å². The first-order valence-corrected chi connectivity index (χ1v) is 5.78. The number of nitrogens with two attached hydrogens (primary N) is 1. The van der Waals surface area contributed by atoms with E-state index in [0.29, 0.717) is 25.9 Å². The Morgan fingerprint density at radius 1 is 1.11 bits per heavy atom. The van der Waals surface area contributed by atoms with Gasteiger partial charge in [-0.1, -0.05) is 0 Å². The third-order valence-corrected chi connectivity index (χ3v) is 2.56. The van der Waals surface area contributed by atoms with Crippen LogP contribution in [0.2, 0.25) is 0 Å². The molecule has 6 nitrogen and oxygen atoms in total. The number of carbonyl (C=O) groups excluding carboxylic acids is 2. The molecule has 0 heterocycles. The fourth-order valence-electron chi connectivity index (χ4n) is 1.67. The van der Waals surface area contributed by atoms with Gasteiger partial charge in [0.15, 0.2) is 0 Å². The molecule has 0 radical (unpaired) electrons. The van der Waals surface area contributed by atoms with Gasteiger partial charge in [0.05, 0.1) is 0 Å². The maximum atomic E-state index is 10.5. The molecule has 1 unspecified atom stereocenters. The van der Waals surface area contributed by atoms with Crippen LogP contribution in [0.15, 0.2) is 0 Å². The smallest absolute Gasteiger partial charge is 0.550 e. The van der Waals surface area contributed by atoms with Crippen molar-refractivity contribution in [3.05, 3.63) is 0 Å². The first-order chi connectivity index (χ1) is 7.95. The topological polar surface area (TPSA) is 118 Å². The minimum absolute atomic E-state index is 0. The van der Waals surface area contributed by atoms with Crippen molar-refractivity contribution in [1.82, 2.24) is 5.32 Å². The van der Waals surface area contributed by atoms with E-state index in [1.165, 1.54) is 0 Å². The van der Waals surface area contributed by atoms with E-state index < -0.39 is 17.9 Å². The number of hydrogen-bond acceptors (Lipinski definition) is 6. The Hall–Kier alpha value is 0.860. The molecule has 1 atom stereocenters. The summed E-state index contributed by atoms with van der Waals surface area (Å²) in [4.78, 5) is 20.9. The molecule has 0 aliphatic rings. The van der Waals surface area contributed by atoms with Gasteiger partial charge in [0.1, 0.15) is 0 Å². The molecule has 0 rings (SSSR count).